The molecular formula is C23H27N3O3S. The van der Waals surface area contributed by atoms with Crippen LogP contribution in [0, 0.1) is 0 Å². The number of nitrogens with zero attached hydrogens (tertiary/aromatic N) is 2. The highest BCUT2D eigenvalue weighted by Gasteiger charge is 2.19. The van der Waals surface area contributed by atoms with E-state index in [0.717, 1.165) is 10.6 Å². The number of hydrogen-bond donors (Lipinski definition) is 1. The van der Waals surface area contributed by atoms with E-state index in [1.54, 1.807) is 32.5 Å². The van der Waals surface area contributed by atoms with Gasteiger partial charge >= 0.3 is 0 Å². The van der Waals surface area contributed by atoms with Crippen molar-refractivity contribution in [1.29, 1.82) is 0 Å². The fourth-order valence-electron chi connectivity index (χ4n) is 2.52. The molecule has 0 fully saturated rings. The molecule has 0 aliphatic rings. The first kappa shape index (κ1) is 23.1. The molecule has 3 aromatic rings. The standard InChI is InChI=1S/C21H21N3O3S.C2H6/c1-26-16-11-12-19(27-2)18(14-16)24(28-17-8-4-3-5-9-17)15-21(25)23-20-10-6-7-13-22-20;1-2/h3-14H,15H2,1-2H3,(H,22,23,25);1-2H3. The maximum atomic E-state index is 12.7. The van der Waals surface area contributed by atoms with Gasteiger partial charge in [-0.05, 0) is 48.3 Å². The van der Waals surface area contributed by atoms with E-state index in [2.05, 4.69) is 10.3 Å². The second-order valence-electron chi connectivity index (χ2n) is 5.74. The highest BCUT2D eigenvalue weighted by molar-refractivity contribution is 8.00. The second kappa shape index (κ2) is 12.4. The molecule has 0 saturated carbocycles. The Kier molecular flexibility index (Phi) is 9.54. The van der Waals surface area contributed by atoms with Crippen molar-refractivity contribution >= 4 is 29.4 Å². The molecule has 3 rings (SSSR count). The highest BCUT2D eigenvalue weighted by atomic mass is 32.2. The number of amides is 1. The van der Waals surface area contributed by atoms with Gasteiger partial charge in [0.05, 0.1) is 19.9 Å². The molecule has 1 heterocycles. The number of anilines is 2. The van der Waals surface area contributed by atoms with Crippen LogP contribution in [0.2, 0.25) is 0 Å². The topological polar surface area (TPSA) is 63.7 Å². The van der Waals surface area contributed by atoms with Crippen LogP contribution in [0.3, 0.4) is 0 Å². The zero-order valence-electron chi connectivity index (χ0n) is 17.7. The van der Waals surface area contributed by atoms with Crippen LogP contribution in [-0.4, -0.2) is 31.7 Å². The van der Waals surface area contributed by atoms with E-state index < -0.39 is 0 Å². The van der Waals surface area contributed by atoms with Crippen LogP contribution in [-0.2, 0) is 4.79 Å². The summed E-state index contributed by atoms with van der Waals surface area (Å²) in [6, 6.07) is 20.7. The van der Waals surface area contributed by atoms with Crippen molar-refractivity contribution in [2.75, 3.05) is 30.4 Å². The summed E-state index contributed by atoms with van der Waals surface area (Å²) in [6.45, 7) is 4.10. The Hall–Kier alpha value is -3.19. The first-order chi connectivity index (χ1) is 14.7. The fraction of sp³-hybridized carbons (Fsp3) is 0.217. The molecule has 0 bridgehead atoms. The maximum Gasteiger partial charge on any atom is 0.246 e. The normalized spacial score (nSPS) is 9.73. The zero-order chi connectivity index (χ0) is 21.8. The average molecular weight is 426 g/mol. The van der Waals surface area contributed by atoms with Gasteiger partial charge in [-0.1, -0.05) is 38.1 Å². The van der Waals surface area contributed by atoms with Crippen molar-refractivity contribution in [3.05, 3.63) is 72.9 Å². The lowest BCUT2D eigenvalue weighted by molar-refractivity contribution is -0.114. The third kappa shape index (κ3) is 6.70. The molecule has 0 atom stereocenters. The molecular weight excluding hydrogens is 398 g/mol. The Bertz CT molecular complexity index is 908. The third-order valence-electron chi connectivity index (χ3n) is 3.83. The summed E-state index contributed by atoms with van der Waals surface area (Å²) in [4.78, 5) is 17.8. The molecule has 158 valence electrons. The van der Waals surface area contributed by atoms with Crippen LogP contribution in [0.5, 0.6) is 11.5 Å². The number of benzene rings is 2. The predicted molar refractivity (Wildman–Crippen MR) is 123 cm³/mol. The number of pyridine rings is 1. The van der Waals surface area contributed by atoms with E-state index in [-0.39, 0.29) is 12.5 Å². The molecule has 30 heavy (non-hydrogen) atoms. The number of rotatable bonds is 8. The maximum absolute atomic E-state index is 12.7. The molecule has 0 aliphatic carbocycles. The molecule has 6 nitrogen and oxygen atoms in total. The lowest BCUT2D eigenvalue weighted by Gasteiger charge is -2.25. The summed E-state index contributed by atoms with van der Waals surface area (Å²) in [5, 5.41) is 2.82. The molecule has 0 aliphatic heterocycles. The molecule has 0 radical (unpaired) electrons. The van der Waals surface area contributed by atoms with Crippen molar-refractivity contribution in [3.8, 4) is 11.5 Å². The smallest absolute Gasteiger partial charge is 0.246 e. The number of nitrogens with one attached hydrogen (secondary N) is 1. The predicted octanol–water partition coefficient (Wildman–Crippen LogP) is 5.28. The summed E-state index contributed by atoms with van der Waals surface area (Å²) in [7, 11) is 3.21. The average Bonchev–Trinajstić information content (AvgIpc) is 2.81. The minimum absolute atomic E-state index is 0.0969. The van der Waals surface area contributed by atoms with Gasteiger partial charge in [-0.3, -0.25) is 9.10 Å². The van der Waals surface area contributed by atoms with Crippen molar-refractivity contribution in [2.45, 2.75) is 18.7 Å². The van der Waals surface area contributed by atoms with Gasteiger partial charge in [0.15, 0.2) is 0 Å². The van der Waals surface area contributed by atoms with E-state index in [4.69, 9.17) is 9.47 Å². The van der Waals surface area contributed by atoms with Gasteiger partial charge in [0.25, 0.3) is 0 Å². The van der Waals surface area contributed by atoms with Gasteiger partial charge in [0.1, 0.15) is 23.9 Å². The first-order valence-electron chi connectivity index (χ1n) is 9.63. The van der Waals surface area contributed by atoms with Crippen molar-refractivity contribution in [2.24, 2.45) is 0 Å². The van der Waals surface area contributed by atoms with Crippen LogP contribution < -0.4 is 19.1 Å². The number of hydrogen-bond acceptors (Lipinski definition) is 6. The van der Waals surface area contributed by atoms with Gasteiger partial charge in [-0.2, -0.15) is 0 Å². The van der Waals surface area contributed by atoms with Gasteiger partial charge < -0.3 is 14.8 Å². The van der Waals surface area contributed by atoms with E-state index in [0.29, 0.717) is 17.3 Å². The molecule has 2 aromatic carbocycles. The monoisotopic (exact) mass is 425 g/mol. The Morgan fingerprint density at radius 3 is 2.37 bits per heavy atom. The summed E-state index contributed by atoms with van der Waals surface area (Å²) in [6.07, 6.45) is 1.64. The quantitative estimate of drug-likeness (QED) is 0.496. The van der Waals surface area contributed by atoms with Crippen molar-refractivity contribution < 1.29 is 14.3 Å². The van der Waals surface area contributed by atoms with Gasteiger partial charge in [-0.25, -0.2) is 4.98 Å². The van der Waals surface area contributed by atoms with Crippen LogP contribution in [0.1, 0.15) is 13.8 Å². The summed E-state index contributed by atoms with van der Waals surface area (Å²) in [5.41, 5.74) is 0.742. The van der Waals surface area contributed by atoms with Crippen LogP contribution >= 0.6 is 11.9 Å². The number of carbonyl (C=O) groups is 1. The van der Waals surface area contributed by atoms with E-state index in [9.17, 15) is 4.79 Å². The van der Waals surface area contributed by atoms with Gasteiger partial charge in [0.2, 0.25) is 5.91 Å². The van der Waals surface area contributed by atoms with Gasteiger partial charge in [0, 0.05) is 17.2 Å². The second-order valence-corrected chi connectivity index (χ2v) is 6.84. The SMILES string of the molecule is CC.COc1ccc(OC)c(N(CC(=O)Nc2ccccn2)Sc2ccccc2)c1. The zero-order valence-corrected chi connectivity index (χ0v) is 18.5. The largest absolute Gasteiger partial charge is 0.497 e. The molecule has 0 unspecified atom stereocenters. The molecule has 1 amide bonds. The molecule has 7 heteroatoms. The fourth-order valence-corrected chi connectivity index (χ4v) is 3.47. The molecule has 1 N–H and O–H groups in total. The highest BCUT2D eigenvalue weighted by Crippen LogP contribution is 2.38. The minimum atomic E-state index is -0.188. The Morgan fingerprint density at radius 2 is 1.73 bits per heavy atom. The molecule has 1 aromatic heterocycles. The first-order valence-corrected chi connectivity index (χ1v) is 10.4. The van der Waals surface area contributed by atoms with Crippen LogP contribution in [0.15, 0.2) is 77.8 Å². The number of aromatic nitrogens is 1. The number of methoxy groups -OCH3 is 2. The minimum Gasteiger partial charge on any atom is -0.497 e. The van der Waals surface area contributed by atoms with E-state index in [1.165, 1.54) is 11.9 Å². The van der Waals surface area contributed by atoms with Crippen molar-refractivity contribution in [3.63, 3.8) is 0 Å². The lowest BCUT2D eigenvalue weighted by atomic mass is 10.2. The van der Waals surface area contributed by atoms with Gasteiger partial charge in [-0.15, -0.1) is 0 Å². The Labute approximate surface area is 182 Å². The number of ether oxygens (including phenoxy) is 2. The Balaban J connectivity index is 0.00000155. The summed E-state index contributed by atoms with van der Waals surface area (Å²) in [5.74, 6) is 1.65. The van der Waals surface area contributed by atoms with Crippen molar-refractivity contribution in [1.82, 2.24) is 4.98 Å². The van der Waals surface area contributed by atoms with Crippen LogP contribution in [0.4, 0.5) is 11.5 Å². The third-order valence-corrected chi connectivity index (χ3v) is 4.86. The van der Waals surface area contributed by atoms with E-state index >= 15 is 0 Å². The van der Waals surface area contributed by atoms with E-state index in [1.807, 2.05) is 72.7 Å². The molecule has 0 saturated heterocycles. The lowest BCUT2D eigenvalue weighted by Crippen LogP contribution is -2.29. The van der Waals surface area contributed by atoms with Crippen LogP contribution in [0.25, 0.3) is 0 Å². The summed E-state index contributed by atoms with van der Waals surface area (Å²) < 4.78 is 12.7. The summed E-state index contributed by atoms with van der Waals surface area (Å²) >= 11 is 1.45. The number of carbonyl (C=O) groups excluding carboxylic acids is 1. The Morgan fingerprint density at radius 1 is 1.00 bits per heavy atom. The molecule has 0 spiro atoms.